The number of hydrogen-bond donors (Lipinski definition) is 3. The van der Waals surface area contributed by atoms with Crippen molar-refractivity contribution < 1.29 is 28.5 Å². The maximum Gasteiger partial charge on any atom is 0.299 e. The summed E-state index contributed by atoms with van der Waals surface area (Å²) in [5.74, 6) is -3.70. The molecule has 1 fully saturated rings. The highest BCUT2D eigenvalue weighted by molar-refractivity contribution is 5.75. The van der Waals surface area contributed by atoms with E-state index in [-0.39, 0.29) is 18.2 Å². The van der Waals surface area contributed by atoms with E-state index in [4.69, 9.17) is 4.74 Å². The van der Waals surface area contributed by atoms with Crippen LogP contribution in [0.2, 0.25) is 0 Å². The van der Waals surface area contributed by atoms with E-state index >= 15 is 0 Å². The Kier molecular flexibility index (Phi) is 10.1. The smallest absolute Gasteiger partial charge is 0.299 e. The monoisotopic (exact) mass is 437 g/mol. The minimum atomic E-state index is -3.19. The summed E-state index contributed by atoms with van der Waals surface area (Å²) in [6, 6.07) is 8.40. The zero-order valence-corrected chi connectivity index (χ0v) is 17.9. The van der Waals surface area contributed by atoms with Gasteiger partial charge in [-0.3, -0.25) is 4.79 Å². The Balaban J connectivity index is 1.84. The molecule has 1 amide bonds. The SMILES string of the molecule is CCNC(=O)CCCC=CC[C@H]1C(O)CC(O)[C@@H]1C=CC(F)(F)COc1ccccc1. The van der Waals surface area contributed by atoms with E-state index in [1.807, 2.05) is 19.1 Å². The first-order chi connectivity index (χ1) is 14.8. The molecule has 0 aliphatic heterocycles. The van der Waals surface area contributed by atoms with Gasteiger partial charge in [0.15, 0.2) is 6.61 Å². The molecule has 1 aromatic rings. The molecule has 3 N–H and O–H groups in total. The van der Waals surface area contributed by atoms with E-state index in [9.17, 15) is 23.8 Å². The number of aliphatic hydroxyl groups excluding tert-OH is 2. The van der Waals surface area contributed by atoms with Gasteiger partial charge in [0.1, 0.15) is 5.75 Å². The summed E-state index contributed by atoms with van der Waals surface area (Å²) >= 11 is 0. The molecule has 7 heteroatoms. The molecule has 172 valence electrons. The van der Waals surface area contributed by atoms with Crippen LogP contribution in [0.1, 0.15) is 39.0 Å². The van der Waals surface area contributed by atoms with Crippen LogP contribution >= 0.6 is 0 Å². The Morgan fingerprint density at radius 3 is 2.68 bits per heavy atom. The Hall–Kier alpha value is -2.25. The fourth-order valence-electron chi connectivity index (χ4n) is 3.74. The highest BCUT2D eigenvalue weighted by atomic mass is 19.3. The van der Waals surface area contributed by atoms with Gasteiger partial charge in [-0.1, -0.05) is 36.4 Å². The number of halogens is 2. The molecule has 2 unspecified atom stereocenters. The van der Waals surface area contributed by atoms with Crippen molar-refractivity contribution in [2.45, 2.75) is 57.2 Å². The maximum atomic E-state index is 14.2. The van der Waals surface area contributed by atoms with Gasteiger partial charge in [0.05, 0.1) is 12.2 Å². The topological polar surface area (TPSA) is 78.8 Å². The number of carbonyl (C=O) groups excluding carboxylic acids is 1. The summed E-state index contributed by atoms with van der Waals surface area (Å²) in [4.78, 5) is 11.4. The summed E-state index contributed by atoms with van der Waals surface area (Å²) in [6.07, 6.45) is 6.81. The molecule has 0 saturated heterocycles. The third-order valence-electron chi connectivity index (χ3n) is 5.38. The summed E-state index contributed by atoms with van der Waals surface area (Å²) in [7, 11) is 0. The number of para-hydroxylation sites is 1. The lowest BCUT2D eigenvalue weighted by atomic mass is 9.89. The van der Waals surface area contributed by atoms with Gasteiger partial charge in [-0.05, 0) is 50.3 Å². The Labute approximate surface area is 182 Å². The van der Waals surface area contributed by atoms with E-state index in [0.717, 1.165) is 18.9 Å². The normalized spacial score (nSPS) is 24.2. The van der Waals surface area contributed by atoms with E-state index in [2.05, 4.69) is 5.32 Å². The number of allylic oxidation sites excluding steroid dienone is 2. The summed E-state index contributed by atoms with van der Waals surface area (Å²) < 4.78 is 33.6. The number of benzene rings is 1. The Morgan fingerprint density at radius 1 is 1.23 bits per heavy atom. The predicted octanol–water partition coefficient (Wildman–Crippen LogP) is 3.87. The molecule has 0 bridgehead atoms. The minimum absolute atomic E-state index is 0.0209. The number of aliphatic hydroxyl groups is 2. The van der Waals surface area contributed by atoms with E-state index < -0.39 is 30.7 Å². The van der Waals surface area contributed by atoms with Gasteiger partial charge < -0.3 is 20.3 Å². The molecule has 1 aliphatic carbocycles. The number of unbranched alkanes of at least 4 members (excludes halogenated alkanes) is 1. The molecule has 31 heavy (non-hydrogen) atoms. The molecule has 5 nitrogen and oxygen atoms in total. The zero-order valence-electron chi connectivity index (χ0n) is 17.9. The molecular weight excluding hydrogens is 404 g/mol. The quantitative estimate of drug-likeness (QED) is 0.343. The fraction of sp³-hybridized carbons (Fsp3) is 0.542. The molecule has 0 aromatic heterocycles. The number of ether oxygens (including phenoxy) is 1. The lowest BCUT2D eigenvalue weighted by molar-refractivity contribution is -0.121. The molecule has 2 rings (SSSR count). The minimum Gasteiger partial charge on any atom is -0.487 e. The van der Waals surface area contributed by atoms with Crippen molar-refractivity contribution in [3.63, 3.8) is 0 Å². The lowest BCUT2D eigenvalue weighted by Gasteiger charge is -2.20. The van der Waals surface area contributed by atoms with Crippen molar-refractivity contribution in [1.29, 1.82) is 0 Å². The molecule has 0 radical (unpaired) electrons. The van der Waals surface area contributed by atoms with Crippen LogP contribution in [0.15, 0.2) is 54.6 Å². The number of amides is 1. The van der Waals surface area contributed by atoms with Gasteiger partial charge in [0.2, 0.25) is 5.91 Å². The van der Waals surface area contributed by atoms with E-state index in [1.165, 1.54) is 6.08 Å². The van der Waals surface area contributed by atoms with E-state index in [1.54, 1.807) is 30.3 Å². The first-order valence-corrected chi connectivity index (χ1v) is 10.8. The molecule has 1 saturated carbocycles. The summed E-state index contributed by atoms with van der Waals surface area (Å²) in [6.45, 7) is 1.69. The van der Waals surface area contributed by atoms with Gasteiger partial charge in [0, 0.05) is 25.3 Å². The molecule has 1 aliphatic rings. The van der Waals surface area contributed by atoms with Crippen LogP contribution in [-0.2, 0) is 4.79 Å². The van der Waals surface area contributed by atoms with Gasteiger partial charge in [-0.15, -0.1) is 0 Å². The summed E-state index contributed by atoms with van der Waals surface area (Å²) in [5, 5.41) is 23.2. The van der Waals surface area contributed by atoms with Crippen molar-refractivity contribution in [3.8, 4) is 5.75 Å². The first kappa shape index (κ1) is 25.0. The van der Waals surface area contributed by atoms with Crippen molar-refractivity contribution in [3.05, 3.63) is 54.6 Å². The average molecular weight is 438 g/mol. The fourth-order valence-corrected chi connectivity index (χ4v) is 3.74. The van der Waals surface area contributed by atoms with Gasteiger partial charge >= 0.3 is 0 Å². The molecule has 1 aromatic carbocycles. The molecule has 0 spiro atoms. The van der Waals surface area contributed by atoms with Crippen molar-refractivity contribution in [1.82, 2.24) is 5.32 Å². The Morgan fingerprint density at radius 2 is 1.97 bits per heavy atom. The second-order valence-electron chi connectivity index (χ2n) is 7.89. The van der Waals surface area contributed by atoms with Gasteiger partial charge in [-0.25, -0.2) is 0 Å². The lowest BCUT2D eigenvalue weighted by Crippen LogP contribution is -2.25. The Bertz CT molecular complexity index is 724. The molecule has 4 atom stereocenters. The third kappa shape index (κ3) is 8.79. The van der Waals surface area contributed by atoms with Crippen LogP contribution in [0.5, 0.6) is 5.75 Å². The highest BCUT2D eigenvalue weighted by Crippen LogP contribution is 2.37. The largest absolute Gasteiger partial charge is 0.487 e. The van der Waals surface area contributed by atoms with Crippen LogP contribution in [0.3, 0.4) is 0 Å². The summed E-state index contributed by atoms with van der Waals surface area (Å²) in [5.41, 5.74) is 0. The van der Waals surface area contributed by atoms with Crippen LogP contribution in [-0.4, -0.2) is 47.4 Å². The highest BCUT2D eigenvalue weighted by Gasteiger charge is 2.40. The average Bonchev–Trinajstić information content (AvgIpc) is 3.01. The molecule has 0 heterocycles. The third-order valence-corrected chi connectivity index (χ3v) is 5.38. The number of rotatable bonds is 12. The molecular formula is C24H33F2NO4. The standard InChI is InChI=1S/C24H33F2NO4/c1-2-27-23(30)13-9-4-3-8-12-19-20(22(29)16-21(19)28)14-15-24(25,26)17-31-18-10-6-5-7-11-18/h3,5-8,10-11,14-15,19-22,28-29H,2,4,9,12-13,16-17H2,1H3,(H,27,30)/t19-,20-,21?,22?/m1/s1. The number of carbonyl (C=O) groups is 1. The number of nitrogens with one attached hydrogen (secondary N) is 1. The second-order valence-corrected chi connectivity index (χ2v) is 7.89. The zero-order chi connectivity index (χ0) is 22.7. The van der Waals surface area contributed by atoms with Crippen LogP contribution in [0.4, 0.5) is 8.78 Å². The van der Waals surface area contributed by atoms with Gasteiger partial charge in [0.25, 0.3) is 5.92 Å². The second kappa shape index (κ2) is 12.6. The maximum absolute atomic E-state index is 14.2. The van der Waals surface area contributed by atoms with Gasteiger partial charge in [-0.2, -0.15) is 8.78 Å². The van der Waals surface area contributed by atoms with Crippen molar-refractivity contribution in [2.75, 3.05) is 13.2 Å². The van der Waals surface area contributed by atoms with E-state index in [0.29, 0.717) is 25.1 Å². The first-order valence-electron chi connectivity index (χ1n) is 10.8. The van der Waals surface area contributed by atoms with Crippen LogP contribution in [0.25, 0.3) is 0 Å². The predicted molar refractivity (Wildman–Crippen MR) is 116 cm³/mol. The van der Waals surface area contributed by atoms with Crippen molar-refractivity contribution >= 4 is 5.91 Å². The number of hydrogen-bond acceptors (Lipinski definition) is 4. The van der Waals surface area contributed by atoms with Crippen LogP contribution < -0.4 is 10.1 Å². The number of alkyl halides is 2. The van der Waals surface area contributed by atoms with Crippen molar-refractivity contribution in [2.24, 2.45) is 11.8 Å². The van der Waals surface area contributed by atoms with Crippen LogP contribution in [0, 0.1) is 11.8 Å².